The van der Waals surface area contributed by atoms with Crippen LogP contribution in [-0.4, -0.2) is 28.4 Å². The second-order valence-electron chi connectivity index (χ2n) is 4.63. The fourth-order valence-corrected chi connectivity index (χ4v) is 3.06. The van der Waals surface area contributed by atoms with Crippen LogP contribution in [-0.2, 0) is 0 Å². The molecule has 0 aliphatic carbocycles. The van der Waals surface area contributed by atoms with E-state index in [-0.39, 0.29) is 18.4 Å². The van der Waals surface area contributed by atoms with Gasteiger partial charge in [0.1, 0.15) is 0 Å². The molecule has 0 saturated heterocycles. The monoisotopic (exact) mass is 287 g/mol. The number of hydrogen-bond donors (Lipinski definition) is 1. The number of fused-ring (bicyclic) bond motifs is 1. The first-order valence-electron chi connectivity index (χ1n) is 6.35. The minimum atomic E-state index is -0.640. The lowest BCUT2D eigenvalue weighted by molar-refractivity contribution is 0.0623. The van der Waals surface area contributed by atoms with Gasteiger partial charge < -0.3 is 5.11 Å². The molecule has 0 saturated carbocycles. The van der Waals surface area contributed by atoms with E-state index in [0.717, 1.165) is 4.88 Å². The predicted octanol–water partition coefficient (Wildman–Crippen LogP) is 2.47. The van der Waals surface area contributed by atoms with Crippen molar-refractivity contribution >= 4 is 23.2 Å². The van der Waals surface area contributed by atoms with Gasteiger partial charge in [-0.25, -0.2) is 0 Å². The van der Waals surface area contributed by atoms with Crippen LogP contribution in [0.1, 0.15) is 38.1 Å². The molecule has 2 amide bonds. The summed E-state index contributed by atoms with van der Waals surface area (Å²) in [4.78, 5) is 26.3. The molecular weight excluding hydrogens is 274 g/mol. The molecule has 1 N–H and O–H groups in total. The Kier molecular flexibility index (Phi) is 3.38. The first-order chi connectivity index (χ1) is 9.68. The molecule has 0 bridgehead atoms. The standard InChI is InChI=1S/C15H13NO3S/c17-12(13-6-3-9-20-13)7-8-16-14(18)10-4-1-2-5-11(10)15(16)19/h1-6,9,12,17H,7-8H2/t12-/m0/s1. The van der Waals surface area contributed by atoms with Crippen molar-refractivity contribution in [2.75, 3.05) is 6.54 Å². The van der Waals surface area contributed by atoms with Gasteiger partial charge >= 0.3 is 0 Å². The SMILES string of the molecule is O=C1c2ccccc2C(=O)N1CC[C@H](O)c1cccs1. The Balaban J connectivity index is 1.71. The maximum atomic E-state index is 12.1. The van der Waals surface area contributed by atoms with Crippen molar-refractivity contribution < 1.29 is 14.7 Å². The van der Waals surface area contributed by atoms with E-state index in [1.165, 1.54) is 16.2 Å². The highest BCUT2D eigenvalue weighted by atomic mass is 32.1. The maximum absolute atomic E-state index is 12.1. The Labute approximate surface area is 120 Å². The van der Waals surface area contributed by atoms with E-state index in [1.54, 1.807) is 24.3 Å². The van der Waals surface area contributed by atoms with Crippen molar-refractivity contribution in [1.29, 1.82) is 0 Å². The van der Waals surface area contributed by atoms with Gasteiger partial charge in [-0.3, -0.25) is 14.5 Å². The van der Waals surface area contributed by atoms with E-state index in [1.807, 2.05) is 17.5 Å². The van der Waals surface area contributed by atoms with Gasteiger partial charge in [-0.2, -0.15) is 0 Å². The molecule has 5 heteroatoms. The summed E-state index contributed by atoms with van der Waals surface area (Å²) in [5.74, 6) is -0.548. The zero-order valence-electron chi connectivity index (χ0n) is 10.7. The highest BCUT2D eigenvalue weighted by molar-refractivity contribution is 7.10. The Bertz CT molecular complexity index is 616. The fraction of sp³-hybridized carbons (Fsp3) is 0.200. The van der Waals surface area contributed by atoms with Crippen molar-refractivity contribution in [2.45, 2.75) is 12.5 Å². The number of aliphatic hydroxyl groups excluding tert-OH is 1. The topological polar surface area (TPSA) is 57.6 Å². The van der Waals surface area contributed by atoms with E-state index in [0.29, 0.717) is 17.5 Å². The molecule has 1 atom stereocenters. The van der Waals surface area contributed by atoms with Gasteiger partial charge in [0, 0.05) is 11.4 Å². The highest BCUT2D eigenvalue weighted by Gasteiger charge is 2.34. The lowest BCUT2D eigenvalue weighted by atomic mass is 10.1. The summed E-state index contributed by atoms with van der Waals surface area (Å²) in [5, 5.41) is 11.9. The zero-order chi connectivity index (χ0) is 14.1. The van der Waals surface area contributed by atoms with Gasteiger partial charge in [-0.15, -0.1) is 11.3 Å². The second-order valence-corrected chi connectivity index (χ2v) is 5.61. The number of rotatable bonds is 4. The van der Waals surface area contributed by atoms with Crippen LogP contribution >= 0.6 is 11.3 Å². The summed E-state index contributed by atoms with van der Waals surface area (Å²) in [6.07, 6.45) is -0.286. The molecule has 1 aromatic carbocycles. The van der Waals surface area contributed by atoms with Crippen molar-refractivity contribution in [3.05, 3.63) is 57.8 Å². The van der Waals surface area contributed by atoms with E-state index in [9.17, 15) is 14.7 Å². The van der Waals surface area contributed by atoms with Gasteiger partial charge in [0.15, 0.2) is 0 Å². The number of imide groups is 1. The summed E-state index contributed by atoms with van der Waals surface area (Å²) in [6, 6.07) is 10.5. The van der Waals surface area contributed by atoms with Crippen LogP contribution in [0.3, 0.4) is 0 Å². The predicted molar refractivity (Wildman–Crippen MR) is 75.7 cm³/mol. The number of carbonyl (C=O) groups excluding carboxylic acids is 2. The Morgan fingerprint density at radius 2 is 1.70 bits per heavy atom. The van der Waals surface area contributed by atoms with Crippen LogP contribution < -0.4 is 0 Å². The Hall–Kier alpha value is -1.98. The van der Waals surface area contributed by atoms with Gasteiger partial charge in [0.05, 0.1) is 17.2 Å². The van der Waals surface area contributed by atoms with Gasteiger partial charge in [-0.1, -0.05) is 18.2 Å². The number of hydrogen-bond acceptors (Lipinski definition) is 4. The average molecular weight is 287 g/mol. The fourth-order valence-electron chi connectivity index (χ4n) is 2.32. The third-order valence-corrected chi connectivity index (χ3v) is 4.35. The molecule has 102 valence electrons. The van der Waals surface area contributed by atoms with Crippen LogP contribution in [0.15, 0.2) is 41.8 Å². The molecule has 2 aromatic rings. The van der Waals surface area contributed by atoms with E-state index >= 15 is 0 Å². The smallest absolute Gasteiger partial charge is 0.261 e. The van der Waals surface area contributed by atoms with E-state index < -0.39 is 6.10 Å². The summed E-state index contributed by atoms with van der Waals surface area (Å²) in [5.41, 5.74) is 0.895. The number of benzene rings is 1. The van der Waals surface area contributed by atoms with E-state index in [4.69, 9.17) is 0 Å². The molecule has 4 nitrogen and oxygen atoms in total. The van der Waals surface area contributed by atoms with Crippen LogP contribution in [0, 0.1) is 0 Å². The van der Waals surface area contributed by atoms with Crippen LogP contribution in [0.5, 0.6) is 0 Å². The minimum absolute atomic E-state index is 0.228. The van der Waals surface area contributed by atoms with Crippen molar-refractivity contribution in [1.82, 2.24) is 4.90 Å². The molecule has 0 spiro atoms. The van der Waals surface area contributed by atoms with Gasteiger partial charge in [0.2, 0.25) is 0 Å². The number of amides is 2. The second kappa shape index (κ2) is 5.19. The zero-order valence-corrected chi connectivity index (χ0v) is 11.5. The third-order valence-electron chi connectivity index (χ3n) is 3.38. The lowest BCUT2D eigenvalue weighted by Crippen LogP contribution is -2.31. The molecule has 1 aromatic heterocycles. The molecule has 2 heterocycles. The molecule has 0 unspecified atom stereocenters. The highest BCUT2D eigenvalue weighted by Crippen LogP contribution is 2.26. The number of thiophene rings is 1. The first-order valence-corrected chi connectivity index (χ1v) is 7.23. The van der Waals surface area contributed by atoms with Crippen LogP contribution in [0.25, 0.3) is 0 Å². The summed E-state index contributed by atoms with van der Waals surface area (Å²) >= 11 is 1.46. The Morgan fingerprint density at radius 1 is 1.05 bits per heavy atom. The number of nitrogens with zero attached hydrogens (tertiary/aromatic N) is 1. The van der Waals surface area contributed by atoms with Gasteiger partial charge in [-0.05, 0) is 30.0 Å². The largest absolute Gasteiger partial charge is 0.388 e. The quantitative estimate of drug-likeness (QED) is 0.879. The molecule has 20 heavy (non-hydrogen) atoms. The summed E-state index contributed by atoms with van der Waals surface area (Å²) in [7, 11) is 0. The number of carbonyl (C=O) groups is 2. The number of aliphatic hydroxyl groups is 1. The molecule has 0 radical (unpaired) electrons. The normalized spacial score (nSPS) is 15.6. The van der Waals surface area contributed by atoms with Crippen molar-refractivity contribution in [3.63, 3.8) is 0 Å². The molecule has 3 rings (SSSR count). The average Bonchev–Trinajstić information content (AvgIpc) is 3.07. The van der Waals surface area contributed by atoms with E-state index in [2.05, 4.69) is 0 Å². The lowest BCUT2D eigenvalue weighted by Gasteiger charge is -2.16. The van der Waals surface area contributed by atoms with Crippen molar-refractivity contribution in [3.8, 4) is 0 Å². The Morgan fingerprint density at radius 3 is 2.25 bits per heavy atom. The third kappa shape index (κ3) is 2.15. The van der Waals surface area contributed by atoms with Gasteiger partial charge in [0.25, 0.3) is 11.8 Å². The summed E-state index contributed by atoms with van der Waals surface area (Å²) < 4.78 is 0. The molecule has 1 aliphatic heterocycles. The van der Waals surface area contributed by atoms with Crippen molar-refractivity contribution in [2.24, 2.45) is 0 Å². The molecular formula is C15H13NO3S. The maximum Gasteiger partial charge on any atom is 0.261 e. The molecule has 1 aliphatic rings. The minimum Gasteiger partial charge on any atom is -0.388 e. The van der Waals surface area contributed by atoms with Crippen LogP contribution in [0.2, 0.25) is 0 Å². The summed E-state index contributed by atoms with van der Waals surface area (Å²) in [6.45, 7) is 0.228. The first kappa shape index (κ1) is 13.0. The molecule has 0 fully saturated rings. The van der Waals surface area contributed by atoms with Crippen LogP contribution in [0.4, 0.5) is 0 Å².